The molecule has 9 nitrogen and oxygen atoms in total. The summed E-state index contributed by atoms with van der Waals surface area (Å²) in [5, 5.41) is 13.1. The molecule has 6 aliphatic rings. The number of alkyl halides is 2. The molecule has 7 heterocycles. The molecule has 11 heteroatoms. The van der Waals surface area contributed by atoms with Crippen molar-refractivity contribution in [3.8, 4) is 11.1 Å². The van der Waals surface area contributed by atoms with Gasteiger partial charge in [0.05, 0.1) is 18.8 Å². The van der Waals surface area contributed by atoms with Gasteiger partial charge in [-0.2, -0.15) is 10.2 Å². The van der Waals surface area contributed by atoms with Gasteiger partial charge in [-0.15, -0.1) is 0 Å². The molecule has 2 aromatic heterocycles. The first-order chi connectivity index (χ1) is 21.8. The molecule has 1 N–H and O–H groups in total. The van der Waals surface area contributed by atoms with Crippen molar-refractivity contribution in [1.82, 2.24) is 34.7 Å². The lowest BCUT2D eigenvalue weighted by Gasteiger charge is -2.56. The van der Waals surface area contributed by atoms with Crippen molar-refractivity contribution in [1.29, 1.82) is 0 Å². The van der Waals surface area contributed by atoms with E-state index < -0.39 is 6.43 Å². The fourth-order valence-corrected chi connectivity index (χ4v) is 8.87. The Balaban J connectivity index is 1.13. The smallest absolute Gasteiger partial charge is 0.264 e. The topological polar surface area (TPSA) is 74.5 Å². The van der Waals surface area contributed by atoms with Crippen molar-refractivity contribution in [3.05, 3.63) is 46.9 Å². The number of hydrogen-bond acceptors (Lipinski definition) is 6. The zero-order valence-electron chi connectivity index (χ0n) is 26.4. The van der Waals surface area contributed by atoms with Crippen molar-refractivity contribution < 1.29 is 13.6 Å². The van der Waals surface area contributed by atoms with E-state index in [-0.39, 0.29) is 11.5 Å². The number of benzene rings is 1. The Kier molecular flexibility index (Phi) is 7.43. The number of nitrogens with one attached hydrogen (secondary N) is 1. The molecule has 240 valence electrons. The van der Waals surface area contributed by atoms with Gasteiger partial charge in [0.15, 0.2) is 5.82 Å². The molecule has 5 aliphatic heterocycles. The average Bonchev–Trinajstić information content (AvgIpc) is 3.66. The minimum Gasteiger partial charge on any atom is -0.338 e. The highest BCUT2D eigenvalue weighted by Crippen LogP contribution is 2.47. The highest BCUT2D eigenvalue weighted by molar-refractivity contribution is 5.78. The average molecular weight is 619 g/mol. The number of piperidine rings is 2. The molecule has 1 saturated carbocycles. The molecule has 2 atom stereocenters. The van der Waals surface area contributed by atoms with E-state index in [0.29, 0.717) is 48.9 Å². The molecule has 45 heavy (non-hydrogen) atoms. The Morgan fingerprint density at radius 1 is 1.07 bits per heavy atom. The van der Waals surface area contributed by atoms with Gasteiger partial charge in [0.1, 0.15) is 0 Å². The summed E-state index contributed by atoms with van der Waals surface area (Å²) in [6.07, 6.45) is 9.38. The third kappa shape index (κ3) is 5.16. The number of rotatable bonds is 6. The van der Waals surface area contributed by atoms with Gasteiger partial charge < -0.3 is 15.1 Å². The van der Waals surface area contributed by atoms with Gasteiger partial charge in [0.25, 0.3) is 6.43 Å². The van der Waals surface area contributed by atoms with E-state index in [9.17, 15) is 13.6 Å². The Morgan fingerprint density at radius 3 is 2.56 bits per heavy atom. The summed E-state index contributed by atoms with van der Waals surface area (Å²) in [5.41, 5.74) is 5.46. The van der Waals surface area contributed by atoms with E-state index in [0.717, 1.165) is 73.7 Å². The third-order valence-corrected chi connectivity index (χ3v) is 11.2. The maximum atomic E-state index is 14.6. The monoisotopic (exact) mass is 618 g/mol. The molecule has 3 saturated heterocycles. The van der Waals surface area contributed by atoms with Crippen LogP contribution in [0.15, 0.2) is 24.5 Å². The van der Waals surface area contributed by atoms with Crippen LogP contribution < -0.4 is 10.2 Å². The Bertz CT molecular complexity index is 1580. The fourth-order valence-electron chi connectivity index (χ4n) is 8.87. The minimum atomic E-state index is -2.62. The molecule has 0 radical (unpaired) electrons. The van der Waals surface area contributed by atoms with Crippen molar-refractivity contribution in [2.45, 2.75) is 89.4 Å². The zero-order chi connectivity index (χ0) is 30.8. The predicted molar refractivity (Wildman–Crippen MR) is 169 cm³/mol. The molecule has 0 spiro atoms. The summed E-state index contributed by atoms with van der Waals surface area (Å²) < 4.78 is 33.1. The van der Waals surface area contributed by atoms with Crippen LogP contribution in [-0.2, 0) is 31.2 Å². The molecular formula is C34H44F2N8O. The minimum absolute atomic E-state index is 0.0218. The molecular weight excluding hydrogens is 574 g/mol. The van der Waals surface area contributed by atoms with E-state index >= 15 is 0 Å². The highest BCUT2D eigenvalue weighted by atomic mass is 19.3. The van der Waals surface area contributed by atoms with Gasteiger partial charge in [-0.05, 0) is 87.2 Å². The van der Waals surface area contributed by atoms with Crippen LogP contribution in [0.25, 0.3) is 11.1 Å². The molecule has 3 aromatic rings. The van der Waals surface area contributed by atoms with Gasteiger partial charge in [-0.1, -0.05) is 0 Å². The van der Waals surface area contributed by atoms with Crippen LogP contribution in [0.1, 0.15) is 80.3 Å². The Labute approximate surface area is 263 Å². The Hall–Kier alpha value is -3.31. The first-order valence-electron chi connectivity index (χ1n) is 16.9. The van der Waals surface area contributed by atoms with E-state index in [1.165, 1.54) is 31.5 Å². The number of carbonyl (C=O) groups excluding carboxylic acids is 1. The van der Waals surface area contributed by atoms with Crippen LogP contribution in [0.5, 0.6) is 0 Å². The second-order valence-electron chi connectivity index (χ2n) is 14.0. The SMILES string of the molecule is CC(=O)N1CCc2c(c(N3CCCc4cc(-c5cnn(C)c5)c(C(F)F)cc43)nn2C2CC3CC(C2)N3CC2CCNCC2)C1. The first kappa shape index (κ1) is 29.1. The maximum absolute atomic E-state index is 14.6. The summed E-state index contributed by atoms with van der Waals surface area (Å²) >= 11 is 0. The van der Waals surface area contributed by atoms with Crippen molar-refractivity contribution in [3.63, 3.8) is 0 Å². The highest BCUT2D eigenvalue weighted by Gasteiger charge is 2.47. The van der Waals surface area contributed by atoms with Crippen LogP contribution in [0.3, 0.4) is 0 Å². The predicted octanol–water partition coefficient (Wildman–Crippen LogP) is 4.99. The number of aromatic nitrogens is 4. The van der Waals surface area contributed by atoms with Crippen LogP contribution in [0.2, 0.25) is 0 Å². The van der Waals surface area contributed by atoms with Crippen molar-refractivity contribution in [2.24, 2.45) is 13.0 Å². The number of anilines is 2. The fraction of sp³-hybridized carbons (Fsp3) is 0.618. The van der Waals surface area contributed by atoms with E-state index in [1.807, 2.05) is 11.0 Å². The van der Waals surface area contributed by atoms with Gasteiger partial charge in [-0.3, -0.25) is 19.1 Å². The lowest BCUT2D eigenvalue weighted by Crippen LogP contribution is -2.62. The van der Waals surface area contributed by atoms with Gasteiger partial charge >= 0.3 is 0 Å². The summed E-state index contributed by atoms with van der Waals surface area (Å²) in [4.78, 5) is 19.4. The first-order valence-corrected chi connectivity index (χ1v) is 16.9. The largest absolute Gasteiger partial charge is 0.338 e. The van der Waals surface area contributed by atoms with Gasteiger partial charge in [0, 0.05) is 86.4 Å². The normalized spacial score (nSPS) is 25.3. The van der Waals surface area contributed by atoms with Crippen LogP contribution in [0, 0.1) is 5.92 Å². The number of fused-ring (bicyclic) bond motifs is 4. The molecule has 1 amide bonds. The van der Waals surface area contributed by atoms with Crippen LogP contribution in [0.4, 0.5) is 20.3 Å². The van der Waals surface area contributed by atoms with E-state index in [2.05, 4.69) is 24.9 Å². The molecule has 1 aromatic carbocycles. The molecule has 2 bridgehead atoms. The third-order valence-electron chi connectivity index (χ3n) is 11.2. The van der Waals surface area contributed by atoms with Crippen LogP contribution in [-0.4, -0.2) is 80.1 Å². The molecule has 9 rings (SSSR count). The zero-order valence-corrected chi connectivity index (χ0v) is 26.4. The summed E-state index contributed by atoms with van der Waals surface area (Å²) in [6.45, 7) is 7.05. The number of hydrogen-bond donors (Lipinski definition) is 1. The number of amides is 1. The molecule has 2 unspecified atom stereocenters. The van der Waals surface area contributed by atoms with Crippen molar-refractivity contribution in [2.75, 3.05) is 37.6 Å². The van der Waals surface area contributed by atoms with Crippen LogP contribution >= 0.6 is 0 Å². The van der Waals surface area contributed by atoms with Gasteiger partial charge in [0.2, 0.25) is 5.91 Å². The van der Waals surface area contributed by atoms with Crippen molar-refractivity contribution >= 4 is 17.4 Å². The van der Waals surface area contributed by atoms with E-state index in [1.54, 1.807) is 37.1 Å². The number of carbonyl (C=O) groups is 1. The Morgan fingerprint density at radius 2 is 1.84 bits per heavy atom. The lowest BCUT2D eigenvalue weighted by molar-refractivity contribution is -0.129. The number of nitrogens with zero attached hydrogens (tertiary/aromatic N) is 7. The standard InChI is InChI=1S/C34H44F2N8O/c1-21(45)41-11-7-31-30(20-41)34(39-44(31)27-14-25-13-26(15-27)43(25)18-22-5-8-37-9-6-22)42-10-3-4-23-12-28(24-17-38-40(2)19-24)29(33(35)36)16-32(23)42/h12,16-17,19,22,25-27,33,37H,3-11,13-15,18,20H2,1-2H3. The summed E-state index contributed by atoms with van der Waals surface area (Å²) in [6, 6.07) is 5.18. The molecule has 4 fully saturated rings. The number of halogens is 2. The summed E-state index contributed by atoms with van der Waals surface area (Å²) in [5.74, 6) is 1.70. The second-order valence-corrected chi connectivity index (χ2v) is 14.0. The summed E-state index contributed by atoms with van der Waals surface area (Å²) in [7, 11) is 1.80. The number of aryl methyl sites for hydroxylation is 2. The lowest BCUT2D eigenvalue weighted by atomic mass is 9.75. The van der Waals surface area contributed by atoms with E-state index in [4.69, 9.17) is 5.10 Å². The molecule has 1 aliphatic carbocycles. The second kappa shape index (κ2) is 11.5. The quantitative estimate of drug-likeness (QED) is 0.420. The van der Waals surface area contributed by atoms with Gasteiger partial charge in [-0.25, -0.2) is 8.78 Å². The maximum Gasteiger partial charge on any atom is 0.264 e.